The summed E-state index contributed by atoms with van der Waals surface area (Å²) in [5.41, 5.74) is 2.17. The van der Waals surface area contributed by atoms with Gasteiger partial charge in [-0.15, -0.1) is 0 Å². The highest BCUT2D eigenvalue weighted by Gasteiger charge is 2.28. The number of thioether (sulfide) groups is 1. The Kier molecular flexibility index (Phi) is 5.57. The van der Waals surface area contributed by atoms with Gasteiger partial charge >= 0.3 is 0 Å². The molecule has 0 bridgehead atoms. The minimum absolute atomic E-state index is 0.210. The van der Waals surface area contributed by atoms with Crippen LogP contribution in [0.15, 0.2) is 81.0 Å². The van der Waals surface area contributed by atoms with Gasteiger partial charge in [-0.1, -0.05) is 41.9 Å². The second kappa shape index (κ2) is 8.65. The van der Waals surface area contributed by atoms with Gasteiger partial charge in [-0.25, -0.2) is 0 Å². The highest BCUT2D eigenvalue weighted by atomic mass is 35.5. The number of nitrogens with zero attached hydrogens (tertiary/aromatic N) is 3. The summed E-state index contributed by atoms with van der Waals surface area (Å²) in [6.45, 7) is 3.36. The first-order chi connectivity index (χ1) is 15.2. The van der Waals surface area contributed by atoms with Crippen LogP contribution in [-0.4, -0.2) is 42.2 Å². The lowest BCUT2D eigenvalue weighted by Gasteiger charge is -2.36. The number of hydrogen-bond donors (Lipinski definition) is 0. The number of amidine groups is 1. The van der Waals surface area contributed by atoms with Gasteiger partial charge in [0.25, 0.3) is 5.91 Å². The molecule has 3 heterocycles. The summed E-state index contributed by atoms with van der Waals surface area (Å²) in [6, 6.07) is 21.6. The van der Waals surface area contributed by atoms with E-state index in [1.165, 1.54) is 11.8 Å². The van der Waals surface area contributed by atoms with Crippen LogP contribution in [0.5, 0.6) is 0 Å². The van der Waals surface area contributed by atoms with Crippen LogP contribution in [0.1, 0.15) is 5.76 Å². The fourth-order valence-electron chi connectivity index (χ4n) is 3.66. The van der Waals surface area contributed by atoms with Gasteiger partial charge in [0, 0.05) is 48.5 Å². The average Bonchev–Trinajstić information content (AvgIpc) is 3.42. The van der Waals surface area contributed by atoms with E-state index in [-0.39, 0.29) is 5.91 Å². The Hall–Kier alpha value is -2.96. The number of rotatable bonds is 3. The van der Waals surface area contributed by atoms with Gasteiger partial charge in [-0.3, -0.25) is 4.79 Å². The van der Waals surface area contributed by atoms with Gasteiger partial charge in [-0.05, 0) is 48.2 Å². The van der Waals surface area contributed by atoms with Crippen molar-refractivity contribution in [1.29, 1.82) is 0 Å². The summed E-state index contributed by atoms with van der Waals surface area (Å²) in [5.74, 6) is 1.22. The number of piperazine rings is 1. The van der Waals surface area contributed by atoms with Crippen molar-refractivity contribution < 1.29 is 9.21 Å². The molecule has 1 aromatic heterocycles. The molecular formula is C24H20ClN3O2S. The van der Waals surface area contributed by atoms with E-state index in [1.54, 1.807) is 6.08 Å². The Balaban J connectivity index is 1.23. The van der Waals surface area contributed by atoms with Crippen molar-refractivity contribution in [2.24, 2.45) is 4.99 Å². The molecule has 5 nitrogen and oxygen atoms in total. The molecule has 0 N–H and O–H groups in total. The number of halogens is 1. The normalized spacial score (nSPS) is 18.0. The third-order valence-corrected chi connectivity index (χ3v) is 6.61. The maximum Gasteiger partial charge on any atom is 0.286 e. The van der Waals surface area contributed by atoms with Crippen molar-refractivity contribution in [2.45, 2.75) is 0 Å². The average molecular weight is 450 g/mol. The number of carbonyl (C=O) groups is 1. The zero-order valence-electron chi connectivity index (χ0n) is 16.7. The van der Waals surface area contributed by atoms with Gasteiger partial charge in [0.2, 0.25) is 0 Å². The van der Waals surface area contributed by atoms with E-state index in [0.29, 0.717) is 10.7 Å². The van der Waals surface area contributed by atoms with E-state index in [9.17, 15) is 4.79 Å². The summed E-state index contributed by atoms with van der Waals surface area (Å²) in [5, 5.41) is 1.51. The number of carbonyl (C=O) groups excluding carboxylic acids is 1. The molecule has 0 saturated carbocycles. The van der Waals surface area contributed by atoms with E-state index >= 15 is 0 Å². The molecule has 0 unspecified atom stereocenters. The minimum Gasteiger partial charge on any atom is -0.457 e. The van der Waals surface area contributed by atoms with Crippen LogP contribution in [0.3, 0.4) is 0 Å². The third-order valence-electron chi connectivity index (χ3n) is 5.31. The van der Waals surface area contributed by atoms with Gasteiger partial charge in [0.05, 0.1) is 4.91 Å². The standard InChI is InChI=1S/C24H20ClN3O2S/c25-18-6-8-19(9-7-18)27-12-14-28(15-13-27)24-26-23(29)22(31-24)16-20-10-11-21(30-20)17-4-2-1-3-5-17/h1-11,16H,12-15H2/b22-16+. The molecule has 1 fully saturated rings. The molecule has 156 valence electrons. The predicted molar refractivity (Wildman–Crippen MR) is 127 cm³/mol. The second-order valence-electron chi connectivity index (χ2n) is 7.33. The van der Waals surface area contributed by atoms with Gasteiger partial charge in [0.1, 0.15) is 11.5 Å². The maximum absolute atomic E-state index is 12.5. The van der Waals surface area contributed by atoms with Gasteiger partial charge in [-0.2, -0.15) is 4.99 Å². The summed E-state index contributed by atoms with van der Waals surface area (Å²) < 4.78 is 5.91. The molecule has 3 aromatic rings. The Morgan fingerprint density at radius 3 is 2.35 bits per heavy atom. The van der Waals surface area contributed by atoms with E-state index in [0.717, 1.165) is 53.4 Å². The summed E-state index contributed by atoms with van der Waals surface area (Å²) in [4.78, 5) is 21.8. The highest BCUT2D eigenvalue weighted by molar-refractivity contribution is 8.18. The number of benzene rings is 2. The molecule has 0 aliphatic carbocycles. The van der Waals surface area contributed by atoms with E-state index in [2.05, 4.69) is 14.8 Å². The van der Waals surface area contributed by atoms with Crippen LogP contribution in [0.4, 0.5) is 5.69 Å². The van der Waals surface area contributed by atoms with E-state index in [1.807, 2.05) is 66.7 Å². The van der Waals surface area contributed by atoms with Crippen LogP contribution >= 0.6 is 23.4 Å². The molecule has 2 aromatic carbocycles. The SMILES string of the molecule is O=C1N=C(N2CCN(c3ccc(Cl)cc3)CC2)S/C1=C/c1ccc(-c2ccccc2)o1. The van der Waals surface area contributed by atoms with Gasteiger partial charge < -0.3 is 14.2 Å². The fourth-order valence-corrected chi connectivity index (χ4v) is 4.73. The molecule has 31 heavy (non-hydrogen) atoms. The Morgan fingerprint density at radius 1 is 0.903 bits per heavy atom. The van der Waals surface area contributed by atoms with Crippen LogP contribution in [0.2, 0.25) is 5.02 Å². The lowest BCUT2D eigenvalue weighted by Crippen LogP contribution is -2.47. The molecule has 7 heteroatoms. The maximum atomic E-state index is 12.5. The number of anilines is 1. The Labute approximate surface area is 190 Å². The first kappa shape index (κ1) is 20.0. The van der Waals surface area contributed by atoms with Crippen LogP contribution in [0, 0.1) is 0 Å². The van der Waals surface area contributed by atoms with Crippen molar-refractivity contribution in [3.63, 3.8) is 0 Å². The summed E-state index contributed by atoms with van der Waals surface area (Å²) >= 11 is 7.40. The summed E-state index contributed by atoms with van der Waals surface area (Å²) in [6.07, 6.45) is 1.78. The van der Waals surface area contributed by atoms with Crippen molar-refractivity contribution in [2.75, 3.05) is 31.1 Å². The predicted octanol–water partition coefficient (Wildman–Crippen LogP) is 5.39. The smallest absolute Gasteiger partial charge is 0.286 e. The number of aliphatic imine (C=N–C) groups is 1. The van der Waals surface area contributed by atoms with E-state index < -0.39 is 0 Å². The topological polar surface area (TPSA) is 49.1 Å². The fraction of sp³-hybridized carbons (Fsp3) is 0.167. The molecule has 0 radical (unpaired) electrons. The van der Waals surface area contributed by atoms with Crippen LogP contribution < -0.4 is 4.90 Å². The highest BCUT2D eigenvalue weighted by Crippen LogP contribution is 2.32. The molecule has 0 spiro atoms. The molecule has 1 amide bonds. The van der Waals surface area contributed by atoms with Crippen LogP contribution in [0.25, 0.3) is 17.4 Å². The molecule has 0 atom stereocenters. The first-order valence-corrected chi connectivity index (χ1v) is 11.3. The molecule has 2 aliphatic rings. The largest absolute Gasteiger partial charge is 0.457 e. The first-order valence-electron chi connectivity index (χ1n) is 10.1. The molecule has 5 rings (SSSR count). The monoisotopic (exact) mass is 449 g/mol. The molecule has 1 saturated heterocycles. The molecule has 2 aliphatic heterocycles. The van der Waals surface area contributed by atoms with Crippen LogP contribution in [-0.2, 0) is 4.79 Å². The second-order valence-corrected chi connectivity index (χ2v) is 8.77. The minimum atomic E-state index is -0.210. The lowest BCUT2D eigenvalue weighted by molar-refractivity contribution is -0.113. The molecular weight excluding hydrogens is 430 g/mol. The van der Waals surface area contributed by atoms with E-state index in [4.69, 9.17) is 16.0 Å². The number of hydrogen-bond acceptors (Lipinski definition) is 5. The summed E-state index contributed by atoms with van der Waals surface area (Å²) in [7, 11) is 0. The van der Waals surface area contributed by atoms with Crippen molar-refractivity contribution in [3.05, 3.63) is 82.4 Å². The zero-order valence-corrected chi connectivity index (χ0v) is 18.3. The Bertz CT molecular complexity index is 1150. The number of amides is 1. The third kappa shape index (κ3) is 4.40. The van der Waals surface area contributed by atoms with Crippen molar-refractivity contribution >= 4 is 46.2 Å². The number of furan rings is 1. The van der Waals surface area contributed by atoms with Crippen molar-refractivity contribution in [3.8, 4) is 11.3 Å². The van der Waals surface area contributed by atoms with Crippen molar-refractivity contribution in [1.82, 2.24) is 4.90 Å². The van der Waals surface area contributed by atoms with Gasteiger partial charge in [0.15, 0.2) is 5.17 Å². The zero-order chi connectivity index (χ0) is 21.2. The quantitative estimate of drug-likeness (QED) is 0.501. The Morgan fingerprint density at radius 2 is 1.61 bits per heavy atom. The lowest BCUT2D eigenvalue weighted by atomic mass is 10.2.